The maximum absolute atomic E-state index is 14.2. The predicted octanol–water partition coefficient (Wildman–Crippen LogP) is 2.42. The summed E-state index contributed by atoms with van der Waals surface area (Å²) in [5, 5.41) is 9.10. The highest BCUT2D eigenvalue weighted by molar-refractivity contribution is 7.90. The van der Waals surface area contributed by atoms with Gasteiger partial charge in [-0.25, -0.2) is 8.78 Å². The highest BCUT2D eigenvalue weighted by Gasteiger charge is 2.44. The normalized spacial score (nSPS) is 18.4. The molecule has 0 radical (unpaired) electrons. The highest BCUT2D eigenvalue weighted by Crippen LogP contribution is 2.31. The van der Waals surface area contributed by atoms with Crippen LogP contribution in [0.25, 0.3) is 0 Å². The molecule has 1 rings (SSSR count). The second-order valence-corrected chi connectivity index (χ2v) is 7.78. The third-order valence-electron chi connectivity index (χ3n) is 3.08. The lowest BCUT2D eigenvalue weighted by atomic mass is 9.88. The SMILES string of the molecule is CC(C)(C)[S@@+]([O-])N[C@](C)(c1ccccc1F)[C@@H](F)CO. The van der Waals surface area contributed by atoms with Gasteiger partial charge < -0.3 is 9.66 Å². The first-order chi connectivity index (χ1) is 9.13. The fourth-order valence-corrected chi connectivity index (χ4v) is 2.63. The molecule has 1 aromatic carbocycles. The lowest BCUT2D eigenvalue weighted by Crippen LogP contribution is -2.55. The van der Waals surface area contributed by atoms with E-state index in [0.717, 1.165) is 0 Å². The smallest absolute Gasteiger partial charge is 0.149 e. The summed E-state index contributed by atoms with van der Waals surface area (Å²) in [6.07, 6.45) is -1.79. The maximum Gasteiger partial charge on any atom is 0.149 e. The van der Waals surface area contributed by atoms with Crippen molar-refractivity contribution in [3.8, 4) is 0 Å². The second kappa shape index (κ2) is 6.39. The molecule has 0 saturated heterocycles. The fourth-order valence-electron chi connectivity index (χ4n) is 1.70. The summed E-state index contributed by atoms with van der Waals surface area (Å²) < 4.78 is 42.3. The van der Waals surface area contributed by atoms with Crippen LogP contribution in [0.15, 0.2) is 24.3 Å². The van der Waals surface area contributed by atoms with E-state index in [4.69, 9.17) is 5.11 Å². The van der Waals surface area contributed by atoms with Crippen LogP contribution in [-0.2, 0) is 16.9 Å². The minimum Gasteiger partial charge on any atom is -0.598 e. The van der Waals surface area contributed by atoms with Crippen LogP contribution in [0.1, 0.15) is 33.3 Å². The number of hydrogen-bond acceptors (Lipinski definition) is 3. The molecule has 0 aromatic heterocycles. The van der Waals surface area contributed by atoms with Crippen LogP contribution in [0.2, 0.25) is 0 Å². The van der Waals surface area contributed by atoms with E-state index in [1.807, 2.05) is 0 Å². The topological polar surface area (TPSA) is 55.3 Å². The van der Waals surface area contributed by atoms with Crippen LogP contribution in [0.3, 0.4) is 0 Å². The molecule has 0 bridgehead atoms. The van der Waals surface area contributed by atoms with Crippen molar-refractivity contribution in [1.82, 2.24) is 4.72 Å². The zero-order valence-electron chi connectivity index (χ0n) is 12.1. The van der Waals surface area contributed by atoms with E-state index in [-0.39, 0.29) is 5.56 Å². The number of hydrogen-bond donors (Lipinski definition) is 2. The van der Waals surface area contributed by atoms with Crippen molar-refractivity contribution < 1.29 is 18.4 Å². The van der Waals surface area contributed by atoms with E-state index < -0.39 is 40.2 Å². The first kappa shape index (κ1) is 17.4. The predicted molar refractivity (Wildman–Crippen MR) is 76.8 cm³/mol. The zero-order chi connectivity index (χ0) is 15.6. The van der Waals surface area contributed by atoms with Gasteiger partial charge in [0.2, 0.25) is 0 Å². The minimum atomic E-state index is -1.79. The van der Waals surface area contributed by atoms with Crippen molar-refractivity contribution >= 4 is 11.4 Å². The Labute approximate surface area is 121 Å². The summed E-state index contributed by atoms with van der Waals surface area (Å²) in [5.41, 5.74) is -1.53. The van der Waals surface area contributed by atoms with Crippen LogP contribution in [0, 0.1) is 5.82 Å². The molecule has 0 spiro atoms. The molecule has 0 aliphatic heterocycles. The molecule has 0 fully saturated rings. The summed E-state index contributed by atoms with van der Waals surface area (Å²) in [7, 11) is 0. The molecular formula is C14H21F2NO2S. The third kappa shape index (κ3) is 3.69. The Bertz CT molecular complexity index is 453. The molecular weight excluding hydrogens is 284 g/mol. The molecule has 0 amide bonds. The Hall–Kier alpha value is -0.690. The summed E-state index contributed by atoms with van der Waals surface area (Å²) >= 11 is -1.61. The molecule has 3 nitrogen and oxygen atoms in total. The Morgan fingerprint density at radius 3 is 2.30 bits per heavy atom. The molecule has 114 valence electrons. The van der Waals surface area contributed by atoms with Gasteiger partial charge >= 0.3 is 0 Å². The maximum atomic E-state index is 14.2. The molecule has 1 aromatic rings. The number of nitrogens with one attached hydrogen (secondary N) is 1. The first-order valence-corrected chi connectivity index (χ1v) is 7.47. The van der Waals surface area contributed by atoms with E-state index in [1.165, 1.54) is 25.1 Å². The highest BCUT2D eigenvalue weighted by atomic mass is 32.2. The molecule has 0 aliphatic rings. The summed E-state index contributed by atoms with van der Waals surface area (Å²) in [4.78, 5) is 0. The van der Waals surface area contributed by atoms with Crippen molar-refractivity contribution in [3.63, 3.8) is 0 Å². The Balaban J connectivity index is 3.21. The number of benzene rings is 1. The third-order valence-corrected chi connectivity index (χ3v) is 4.80. The molecule has 2 N–H and O–H groups in total. The zero-order valence-corrected chi connectivity index (χ0v) is 12.9. The van der Waals surface area contributed by atoms with Gasteiger partial charge in [-0.3, -0.25) is 0 Å². The van der Waals surface area contributed by atoms with Gasteiger partial charge in [0.25, 0.3) is 0 Å². The molecule has 0 saturated carbocycles. The Morgan fingerprint density at radius 2 is 1.85 bits per heavy atom. The van der Waals surface area contributed by atoms with Crippen molar-refractivity contribution in [2.24, 2.45) is 0 Å². The fraction of sp³-hybridized carbons (Fsp3) is 0.571. The van der Waals surface area contributed by atoms with E-state index >= 15 is 0 Å². The van der Waals surface area contributed by atoms with E-state index in [2.05, 4.69) is 4.72 Å². The van der Waals surface area contributed by atoms with Gasteiger partial charge in [-0.1, -0.05) is 18.2 Å². The van der Waals surface area contributed by atoms with Gasteiger partial charge in [-0.2, -0.15) is 0 Å². The molecule has 3 atom stereocenters. The average molecular weight is 305 g/mol. The number of alkyl halides is 1. The van der Waals surface area contributed by atoms with Gasteiger partial charge in [0, 0.05) is 16.9 Å². The Kier molecular flexibility index (Phi) is 5.54. The summed E-state index contributed by atoms with van der Waals surface area (Å²) in [6.45, 7) is 5.79. The minimum absolute atomic E-state index is 0.0409. The van der Waals surface area contributed by atoms with E-state index in [1.54, 1.807) is 26.8 Å². The molecule has 6 heteroatoms. The van der Waals surface area contributed by atoms with E-state index in [9.17, 15) is 13.3 Å². The van der Waals surface area contributed by atoms with Crippen molar-refractivity contribution in [1.29, 1.82) is 0 Å². The molecule has 20 heavy (non-hydrogen) atoms. The monoisotopic (exact) mass is 305 g/mol. The van der Waals surface area contributed by atoms with Gasteiger partial charge in [0.15, 0.2) is 0 Å². The van der Waals surface area contributed by atoms with Crippen LogP contribution in [-0.4, -0.2) is 27.2 Å². The molecule has 0 aliphatic carbocycles. The van der Waals surface area contributed by atoms with Crippen LogP contribution >= 0.6 is 0 Å². The number of aliphatic hydroxyl groups excluding tert-OH is 1. The lowest BCUT2D eigenvalue weighted by molar-refractivity contribution is 0.101. The molecule has 0 heterocycles. The standard InChI is InChI=1S/C14H21F2NO2S/c1-13(2,3)20(19)17-14(4,12(16)9-18)10-7-5-6-8-11(10)15/h5-8,12,17-18H,9H2,1-4H3/t12-,14+,20+/m0/s1. The number of halogens is 2. The summed E-state index contributed by atoms with van der Waals surface area (Å²) in [5.74, 6) is -0.607. The lowest BCUT2D eigenvalue weighted by Gasteiger charge is -2.36. The quantitative estimate of drug-likeness (QED) is 0.822. The Morgan fingerprint density at radius 1 is 1.30 bits per heavy atom. The van der Waals surface area contributed by atoms with Crippen molar-refractivity contribution in [2.45, 2.75) is 44.2 Å². The van der Waals surface area contributed by atoms with Gasteiger partial charge in [-0.15, -0.1) is 4.72 Å². The molecule has 0 unspecified atom stereocenters. The van der Waals surface area contributed by atoms with E-state index in [0.29, 0.717) is 0 Å². The number of rotatable bonds is 5. The van der Waals surface area contributed by atoms with Gasteiger partial charge in [0.1, 0.15) is 22.3 Å². The van der Waals surface area contributed by atoms with Crippen molar-refractivity contribution in [2.75, 3.05) is 6.61 Å². The second-order valence-electron chi connectivity index (χ2n) is 5.82. The number of aliphatic hydroxyl groups is 1. The van der Waals surface area contributed by atoms with Crippen molar-refractivity contribution in [3.05, 3.63) is 35.6 Å². The first-order valence-electron chi connectivity index (χ1n) is 6.32. The average Bonchev–Trinajstić information content (AvgIpc) is 2.36. The largest absolute Gasteiger partial charge is 0.598 e. The van der Waals surface area contributed by atoms with Crippen LogP contribution in [0.5, 0.6) is 0 Å². The van der Waals surface area contributed by atoms with Gasteiger partial charge in [0.05, 0.1) is 6.61 Å². The van der Waals surface area contributed by atoms with Gasteiger partial charge in [-0.05, 0) is 33.8 Å². The van der Waals surface area contributed by atoms with Crippen LogP contribution in [0.4, 0.5) is 8.78 Å². The van der Waals surface area contributed by atoms with Crippen LogP contribution < -0.4 is 4.72 Å². The summed E-state index contributed by atoms with van der Waals surface area (Å²) in [6, 6.07) is 5.69.